The van der Waals surface area contributed by atoms with Crippen LogP contribution in [0.4, 0.5) is 0 Å². The summed E-state index contributed by atoms with van der Waals surface area (Å²) in [6.45, 7) is 6.40. The third-order valence-corrected chi connectivity index (χ3v) is 6.51. The number of nitrogens with one attached hydrogen (secondary N) is 3. The Morgan fingerprint density at radius 3 is 2.19 bits per heavy atom. The molecule has 3 N–H and O–H groups in total. The maximum atomic E-state index is 12.8. The summed E-state index contributed by atoms with van der Waals surface area (Å²) in [5, 5.41) is 9.19. The lowest BCUT2D eigenvalue weighted by Crippen LogP contribution is -2.43. The van der Waals surface area contributed by atoms with Gasteiger partial charge in [-0.2, -0.15) is 0 Å². The highest BCUT2D eigenvalue weighted by Gasteiger charge is 2.58. The SMILES string of the molecule is CCNC(=O)c1ccc(CN=C(NCC)NCCN2C(=O)C3C4C=CC(C4)C3C2=O)cc1. The van der Waals surface area contributed by atoms with Crippen molar-refractivity contribution in [3.63, 3.8) is 0 Å². The van der Waals surface area contributed by atoms with Gasteiger partial charge in [-0.25, -0.2) is 4.99 Å². The van der Waals surface area contributed by atoms with Gasteiger partial charge in [0, 0.05) is 31.7 Å². The monoisotopic (exact) mass is 437 g/mol. The minimum Gasteiger partial charge on any atom is -0.357 e. The van der Waals surface area contributed by atoms with E-state index in [1.807, 2.05) is 26.0 Å². The van der Waals surface area contributed by atoms with E-state index < -0.39 is 0 Å². The summed E-state index contributed by atoms with van der Waals surface area (Å²) in [6, 6.07) is 7.36. The lowest BCUT2D eigenvalue weighted by atomic mass is 9.85. The number of allylic oxidation sites excluding steroid dienone is 2. The van der Waals surface area contributed by atoms with Gasteiger partial charge in [0.15, 0.2) is 5.96 Å². The normalized spacial score (nSPS) is 25.9. The van der Waals surface area contributed by atoms with Gasteiger partial charge in [0.2, 0.25) is 11.8 Å². The Balaban J connectivity index is 1.30. The summed E-state index contributed by atoms with van der Waals surface area (Å²) in [5.74, 6) is 0.664. The lowest BCUT2D eigenvalue weighted by Gasteiger charge is -2.18. The van der Waals surface area contributed by atoms with Crippen LogP contribution in [0, 0.1) is 23.7 Å². The van der Waals surface area contributed by atoms with Crippen molar-refractivity contribution in [2.75, 3.05) is 26.2 Å². The number of benzene rings is 1. The number of amides is 3. The van der Waals surface area contributed by atoms with Gasteiger partial charge in [-0.05, 0) is 49.8 Å². The van der Waals surface area contributed by atoms with E-state index in [-0.39, 0.29) is 41.4 Å². The van der Waals surface area contributed by atoms with Gasteiger partial charge in [0.1, 0.15) is 0 Å². The molecule has 2 bridgehead atoms. The van der Waals surface area contributed by atoms with Crippen molar-refractivity contribution in [1.82, 2.24) is 20.9 Å². The highest BCUT2D eigenvalue weighted by molar-refractivity contribution is 6.06. The fourth-order valence-electron chi connectivity index (χ4n) is 5.01. The molecule has 1 saturated heterocycles. The Morgan fingerprint density at radius 1 is 0.969 bits per heavy atom. The quantitative estimate of drug-likeness (QED) is 0.246. The molecular formula is C24H31N5O3. The molecular weight excluding hydrogens is 406 g/mol. The number of fused-ring (bicyclic) bond motifs is 5. The first kappa shape index (κ1) is 22.0. The summed E-state index contributed by atoms with van der Waals surface area (Å²) >= 11 is 0. The molecule has 32 heavy (non-hydrogen) atoms. The standard InChI is InChI=1S/C24H31N5O3/c1-3-25-21(30)16-7-5-15(6-8-16)14-28-24(26-4-2)27-11-12-29-22(31)19-17-9-10-18(13-17)20(19)23(29)32/h5-10,17-20H,3-4,11-14H2,1-2H3,(H,25,30)(H2,26,27,28). The Labute approximate surface area is 188 Å². The molecule has 3 aliphatic rings. The van der Waals surface area contributed by atoms with Crippen molar-refractivity contribution in [3.05, 3.63) is 47.5 Å². The highest BCUT2D eigenvalue weighted by Crippen LogP contribution is 2.52. The first-order valence-corrected chi connectivity index (χ1v) is 11.5. The van der Waals surface area contributed by atoms with E-state index in [2.05, 4.69) is 33.1 Å². The van der Waals surface area contributed by atoms with Crippen LogP contribution in [0.5, 0.6) is 0 Å². The van der Waals surface area contributed by atoms with Gasteiger partial charge in [-0.1, -0.05) is 24.3 Å². The molecule has 1 aromatic carbocycles. The van der Waals surface area contributed by atoms with E-state index in [1.165, 1.54) is 4.90 Å². The van der Waals surface area contributed by atoms with Gasteiger partial charge in [-0.15, -0.1) is 0 Å². The first-order valence-electron chi connectivity index (χ1n) is 11.5. The molecule has 1 heterocycles. The number of carbonyl (C=O) groups excluding carboxylic acids is 3. The molecule has 4 rings (SSSR count). The van der Waals surface area contributed by atoms with Crippen LogP contribution in [0.1, 0.15) is 36.2 Å². The topological polar surface area (TPSA) is 103 Å². The van der Waals surface area contributed by atoms with Crippen molar-refractivity contribution in [2.45, 2.75) is 26.8 Å². The Hall–Kier alpha value is -3.16. The van der Waals surface area contributed by atoms with Crippen LogP contribution in [-0.4, -0.2) is 54.8 Å². The average molecular weight is 438 g/mol. The van der Waals surface area contributed by atoms with Gasteiger partial charge < -0.3 is 16.0 Å². The largest absolute Gasteiger partial charge is 0.357 e. The molecule has 0 spiro atoms. The third-order valence-electron chi connectivity index (χ3n) is 6.51. The molecule has 4 unspecified atom stereocenters. The van der Waals surface area contributed by atoms with Crippen LogP contribution >= 0.6 is 0 Å². The smallest absolute Gasteiger partial charge is 0.251 e. The Kier molecular flexibility index (Phi) is 6.58. The van der Waals surface area contributed by atoms with Crippen LogP contribution in [0.3, 0.4) is 0 Å². The van der Waals surface area contributed by atoms with E-state index in [0.29, 0.717) is 44.2 Å². The van der Waals surface area contributed by atoms with Crippen molar-refractivity contribution < 1.29 is 14.4 Å². The van der Waals surface area contributed by atoms with E-state index in [9.17, 15) is 14.4 Å². The minimum absolute atomic E-state index is 0.0206. The maximum absolute atomic E-state index is 12.8. The molecule has 1 aromatic rings. The van der Waals surface area contributed by atoms with Crippen LogP contribution in [-0.2, 0) is 16.1 Å². The number of hydrogen-bond acceptors (Lipinski definition) is 4. The van der Waals surface area contributed by atoms with Crippen LogP contribution in [0.25, 0.3) is 0 Å². The van der Waals surface area contributed by atoms with E-state index in [1.54, 1.807) is 12.1 Å². The van der Waals surface area contributed by atoms with E-state index in [0.717, 1.165) is 12.0 Å². The highest BCUT2D eigenvalue weighted by atomic mass is 16.2. The molecule has 8 heteroatoms. The summed E-state index contributed by atoms with van der Waals surface area (Å²) in [7, 11) is 0. The number of aliphatic imine (C=N–C) groups is 1. The summed E-state index contributed by atoms with van der Waals surface area (Å²) in [4.78, 5) is 43.5. The van der Waals surface area contributed by atoms with Crippen molar-refractivity contribution in [3.8, 4) is 0 Å². The zero-order chi connectivity index (χ0) is 22.7. The maximum Gasteiger partial charge on any atom is 0.251 e. The second kappa shape index (κ2) is 9.54. The Morgan fingerprint density at radius 2 is 1.59 bits per heavy atom. The molecule has 1 saturated carbocycles. The molecule has 3 amide bonds. The first-order chi connectivity index (χ1) is 15.5. The van der Waals surface area contributed by atoms with Crippen molar-refractivity contribution >= 4 is 23.7 Å². The second-order valence-corrected chi connectivity index (χ2v) is 8.51. The third kappa shape index (κ3) is 4.26. The molecule has 0 radical (unpaired) electrons. The second-order valence-electron chi connectivity index (χ2n) is 8.51. The number of guanidine groups is 1. The molecule has 170 valence electrons. The van der Waals surface area contributed by atoms with E-state index >= 15 is 0 Å². The Bertz CT molecular complexity index is 909. The molecule has 4 atom stereocenters. The molecule has 2 aliphatic carbocycles. The predicted octanol–water partition coefficient (Wildman–Crippen LogP) is 1.30. The zero-order valence-electron chi connectivity index (χ0n) is 18.6. The minimum atomic E-state index is -0.151. The van der Waals surface area contributed by atoms with Crippen molar-refractivity contribution in [2.24, 2.45) is 28.7 Å². The van der Waals surface area contributed by atoms with Crippen LogP contribution < -0.4 is 16.0 Å². The average Bonchev–Trinajstić information content (AvgIpc) is 3.47. The summed E-state index contributed by atoms with van der Waals surface area (Å²) in [5.41, 5.74) is 1.61. The fraction of sp³-hybridized carbons (Fsp3) is 0.500. The zero-order valence-corrected chi connectivity index (χ0v) is 18.6. The number of likely N-dealkylation sites (tertiary alicyclic amines) is 1. The number of imide groups is 1. The number of hydrogen-bond donors (Lipinski definition) is 3. The number of nitrogens with zero attached hydrogens (tertiary/aromatic N) is 2. The lowest BCUT2D eigenvalue weighted by molar-refractivity contribution is -0.140. The number of rotatable bonds is 8. The van der Waals surface area contributed by atoms with Gasteiger partial charge in [0.25, 0.3) is 5.91 Å². The predicted molar refractivity (Wildman–Crippen MR) is 122 cm³/mol. The van der Waals surface area contributed by atoms with Crippen LogP contribution in [0.2, 0.25) is 0 Å². The van der Waals surface area contributed by atoms with Gasteiger partial charge in [0.05, 0.1) is 18.4 Å². The molecule has 8 nitrogen and oxygen atoms in total. The molecule has 2 fully saturated rings. The van der Waals surface area contributed by atoms with E-state index in [4.69, 9.17) is 0 Å². The molecule has 0 aromatic heterocycles. The summed E-state index contributed by atoms with van der Waals surface area (Å²) in [6.07, 6.45) is 5.16. The molecule has 1 aliphatic heterocycles. The van der Waals surface area contributed by atoms with Gasteiger partial charge >= 0.3 is 0 Å². The van der Waals surface area contributed by atoms with Crippen LogP contribution in [0.15, 0.2) is 41.4 Å². The summed E-state index contributed by atoms with van der Waals surface area (Å²) < 4.78 is 0. The number of carbonyl (C=O) groups is 3. The van der Waals surface area contributed by atoms with Gasteiger partial charge in [-0.3, -0.25) is 19.3 Å². The van der Waals surface area contributed by atoms with Crippen molar-refractivity contribution in [1.29, 1.82) is 0 Å². The fourth-order valence-corrected chi connectivity index (χ4v) is 5.01.